The maximum Gasteiger partial charge on any atom is 0.352 e. The Morgan fingerprint density at radius 1 is 1.06 bits per heavy atom. The quantitative estimate of drug-likeness (QED) is 0.176. The van der Waals surface area contributed by atoms with Crippen molar-refractivity contribution in [2.75, 3.05) is 6.61 Å². The fourth-order valence-electron chi connectivity index (χ4n) is 3.55. The van der Waals surface area contributed by atoms with Crippen molar-refractivity contribution >= 4 is 21.9 Å². The molecule has 0 aliphatic rings. The van der Waals surface area contributed by atoms with E-state index in [1.54, 1.807) is 42.5 Å². The Labute approximate surface area is 216 Å². The van der Waals surface area contributed by atoms with Gasteiger partial charge in [-0.15, -0.1) is 0 Å². The topological polar surface area (TPSA) is 72.2 Å². The van der Waals surface area contributed by atoms with Gasteiger partial charge >= 0.3 is 5.97 Å². The molecule has 1 atom stereocenters. The van der Waals surface area contributed by atoms with Crippen LogP contribution in [0.5, 0.6) is 5.88 Å². The van der Waals surface area contributed by atoms with Crippen LogP contribution in [-0.4, -0.2) is 17.6 Å². The molecule has 0 bridgehead atoms. The van der Waals surface area contributed by atoms with E-state index in [-0.39, 0.29) is 18.1 Å². The Morgan fingerprint density at radius 3 is 2.36 bits per heavy atom. The Morgan fingerprint density at radius 2 is 1.72 bits per heavy atom. The van der Waals surface area contributed by atoms with Crippen LogP contribution in [0.1, 0.15) is 17.2 Å². The number of pyridine rings is 1. The molecule has 4 rings (SSSR count). The summed E-state index contributed by atoms with van der Waals surface area (Å²) >= 11 is 3.43. The number of esters is 1. The smallest absolute Gasteiger partial charge is 0.352 e. The Hall–Kier alpha value is -4.28. The summed E-state index contributed by atoms with van der Waals surface area (Å²) in [6.07, 6.45) is 0.284. The molecule has 178 valence electrons. The van der Waals surface area contributed by atoms with Gasteiger partial charge in [0.25, 0.3) is 0 Å². The molecule has 3 aromatic carbocycles. The Kier molecular flexibility index (Phi) is 7.89. The molecule has 0 aliphatic heterocycles. The van der Waals surface area contributed by atoms with Crippen molar-refractivity contribution in [1.82, 2.24) is 4.98 Å². The molecule has 7 heteroatoms. The molecular formula is C29H20BrFN2O3. The number of hydrogen-bond acceptors (Lipinski definition) is 5. The van der Waals surface area contributed by atoms with Gasteiger partial charge in [-0.1, -0.05) is 83.2 Å². The number of rotatable bonds is 8. The minimum absolute atomic E-state index is 0.00379. The van der Waals surface area contributed by atoms with E-state index in [0.29, 0.717) is 22.4 Å². The summed E-state index contributed by atoms with van der Waals surface area (Å²) < 4.78 is 25.9. The highest BCUT2D eigenvalue weighted by molar-refractivity contribution is 9.10. The molecular weight excluding hydrogens is 523 g/mol. The third kappa shape index (κ3) is 5.68. The van der Waals surface area contributed by atoms with Crippen molar-refractivity contribution in [3.8, 4) is 34.3 Å². The number of nitrogens with zero attached hydrogens (tertiary/aromatic N) is 2. The van der Waals surface area contributed by atoms with E-state index in [9.17, 15) is 14.4 Å². The Bertz CT molecular complexity index is 1420. The fraction of sp³-hybridized carbons (Fsp3) is 0.0690. The molecule has 1 heterocycles. The molecule has 1 aromatic heterocycles. The van der Waals surface area contributed by atoms with Gasteiger partial charge in [0.1, 0.15) is 24.1 Å². The van der Waals surface area contributed by atoms with Crippen molar-refractivity contribution in [2.24, 2.45) is 0 Å². The molecule has 4 aromatic rings. The van der Waals surface area contributed by atoms with Gasteiger partial charge in [0.2, 0.25) is 12.0 Å². The van der Waals surface area contributed by atoms with Gasteiger partial charge in [-0.05, 0) is 35.9 Å². The number of carbonyl (C=O) groups is 1. The lowest BCUT2D eigenvalue weighted by atomic mass is 9.98. The molecule has 0 aliphatic carbocycles. The minimum Gasteiger partial charge on any atom is -0.458 e. The molecule has 0 saturated carbocycles. The lowest BCUT2D eigenvalue weighted by Gasteiger charge is -2.20. The monoisotopic (exact) mass is 542 g/mol. The Balaban J connectivity index is 1.88. The number of benzene rings is 3. The van der Waals surface area contributed by atoms with E-state index >= 15 is 0 Å². The van der Waals surface area contributed by atoms with Gasteiger partial charge in [0, 0.05) is 21.2 Å². The normalized spacial score (nSPS) is 11.2. The van der Waals surface area contributed by atoms with Crippen LogP contribution in [-0.2, 0) is 9.53 Å². The number of aromatic nitrogens is 1. The predicted molar refractivity (Wildman–Crippen MR) is 138 cm³/mol. The molecule has 0 spiro atoms. The fourth-order valence-corrected chi connectivity index (χ4v) is 3.81. The summed E-state index contributed by atoms with van der Waals surface area (Å²) in [5.74, 6) is -1.09. The van der Waals surface area contributed by atoms with Crippen LogP contribution in [0.2, 0.25) is 0 Å². The van der Waals surface area contributed by atoms with E-state index in [1.807, 2.05) is 30.3 Å². The summed E-state index contributed by atoms with van der Waals surface area (Å²) in [6, 6.07) is 26.0. The van der Waals surface area contributed by atoms with Crippen LogP contribution >= 0.6 is 15.9 Å². The second-order valence-electron chi connectivity index (χ2n) is 7.69. The molecule has 0 fully saturated rings. The highest BCUT2D eigenvalue weighted by atomic mass is 79.9. The standard InChI is InChI=1S/C29H20BrFN2O3/c1-2-16-35-29(34)27(21-6-4-3-5-7-21)36-28-25(18-32)24(19-10-14-23(31)15-11-19)17-26(33-28)20-8-12-22(30)13-9-20/h2-15,17,27H,1,16H2. The summed E-state index contributed by atoms with van der Waals surface area (Å²) in [5, 5.41) is 10.1. The average molecular weight is 543 g/mol. The first-order valence-corrected chi connectivity index (χ1v) is 11.8. The van der Waals surface area contributed by atoms with Crippen molar-refractivity contribution in [2.45, 2.75) is 6.10 Å². The van der Waals surface area contributed by atoms with Crippen molar-refractivity contribution < 1.29 is 18.7 Å². The zero-order valence-electron chi connectivity index (χ0n) is 19.0. The van der Waals surface area contributed by atoms with Crippen molar-refractivity contribution in [1.29, 1.82) is 5.26 Å². The van der Waals surface area contributed by atoms with Crippen LogP contribution < -0.4 is 4.74 Å². The summed E-state index contributed by atoms with van der Waals surface area (Å²) in [5.41, 5.74) is 3.02. The van der Waals surface area contributed by atoms with E-state index in [4.69, 9.17) is 9.47 Å². The van der Waals surface area contributed by atoms with E-state index in [2.05, 4.69) is 33.6 Å². The SMILES string of the molecule is C=CCOC(=O)C(Oc1nc(-c2ccc(Br)cc2)cc(-c2ccc(F)cc2)c1C#N)c1ccccc1. The first kappa shape index (κ1) is 24.8. The minimum atomic E-state index is -1.17. The van der Waals surface area contributed by atoms with Gasteiger partial charge in [-0.3, -0.25) is 0 Å². The van der Waals surface area contributed by atoms with Gasteiger partial charge in [-0.2, -0.15) is 5.26 Å². The predicted octanol–water partition coefficient (Wildman–Crippen LogP) is 7.04. The van der Waals surface area contributed by atoms with Crippen molar-refractivity contribution in [3.63, 3.8) is 0 Å². The largest absolute Gasteiger partial charge is 0.458 e. The highest BCUT2D eigenvalue weighted by Gasteiger charge is 2.27. The van der Waals surface area contributed by atoms with Crippen LogP contribution in [0.4, 0.5) is 4.39 Å². The number of hydrogen-bond donors (Lipinski definition) is 0. The third-order valence-electron chi connectivity index (χ3n) is 5.28. The maximum atomic E-state index is 13.6. The van der Waals surface area contributed by atoms with Crippen LogP contribution in [0.3, 0.4) is 0 Å². The summed E-state index contributed by atoms with van der Waals surface area (Å²) in [4.78, 5) is 17.6. The lowest BCUT2D eigenvalue weighted by molar-refractivity contribution is -0.151. The highest BCUT2D eigenvalue weighted by Crippen LogP contribution is 2.36. The molecule has 0 radical (unpaired) electrons. The first-order chi connectivity index (χ1) is 17.5. The number of ether oxygens (including phenoxy) is 2. The number of halogens is 2. The second-order valence-corrected chi connectivity index (χ2v) is 8.60. The number of carbonyl (C=O) groups excluding carboxylic acids is 1. The molecule has 0 N–H and O–H groups in total. The molecule has 0 amide bonds. The zero-order chi connectivity index (χ0) is 25.5. The van der Waals surface area contributed by atoms with Gasteiger partial charge in [-0.25, -0.2) is 14.2 Å². The van der Waals surface area contributed by atoms with Crippen LogP contribution in [0.15, 0.2) is 102 Å². The van der Waals surface area contributed by atoms with Crippen LogP contribution in [0, 0.1) is 17.1 Å². The van der Waals surface area contributed by atoms with E-state index in [1.165, 1.54) is 18.2 Å². The number of nitriles is 1. The van der Waals surface area contributed by atoms with E-state index in [0.717, 1.165) is 10.0 Å². The molecule has 5 nitrogen and oxygen atoms in total. The summed E-state index contributed by atoms with van der Waals surface area (Å²) in [6.45, 7) is 3.58. The summed E-state index contributed by atoms with van der Waals surface area (Å²) in [7, 11) is 0. The zero-order valence-corrected chi connectivity index (χ0v) is 20.6. The van der Waals surface area contributed by atoms with Gasteiger partial charge in [0.05, 0.1) is 5.69 Å². The maximum absolute atomic E-state index is 13.6. The van der Waals surface area contributed by atoms with Crippen molar-refractivity contribution in [3.05, 3.63) is 119 Å². The second kappa shape index (κ2) is 11.4. The molecule has 0 saturated heterocycles. The van der Waals surface area contributed by atoms with Crippen LogP contribution in [0.25, 0.3) is 22.4 Å². The first-order valence-electron chi connectivity index (χ1n) is 11.0. The lowest BCUT2D eigenvalue weighted by Crippen LogP contribution is -2.22. The average Bonchev–Trinajstić information content (AvgIpc) is 2.91. The van der Waals surface area contributed by atoms with Gasteiger partial charge < -0.3 is 9.47 Å². The molecule has 1 unspecified atom stereocenters. The molecule has 36 heavy (non-hydrogen) atoms. The third-order valence-corrected chi connectivity index (χ3v) is 5.81. The van der Waals surface area contributed by atoms with E-state index < -0.39 is 17.9 Å². The van der Waals surface area contributed by atoms with Gasteiger partial charge in [0.15, 0.2) is 0 Å².